The molecule has 0 saturated heterocycles. The number of hydrogen-bond acceptors (Lipinski definition) is 5. The van der Waals surface area contributed by atoms with Gasteiger partial charge in [-0.1, -0.05) is 13.0 Å². The van der Waals surface area contributed by atoms with E-state index in [2.05, 4.69) is 5.32 Å². The molecule has 1 aromatic carbocycles. The molecule has 104 valence electrons. The van der Waals surface area contributed by atoms with Gasteiger partial charge in [0.2, 0.25) is 0 Å². The van der Waals surface area contributed by atoms with Gasteiger partial charge in [0, 0.05) is 5.69 Å². The molecule has 19 heavy (non-hydrogen) atoms. The molecule has 0 aliphatic rings. The molecule has 0 fully saturated rings. The van der Waals surface area contributed by atoms with Gasteiger partial charge in [-0.2, -0.15) is 0 Å². The fourth-order valence-electron chi connectivity index (χ4n) is 1.78. The molecule has 0 spiro atoms. The number of benzene rings is 1. The Hall–Kier alpha value is -2.04. The lowest BCUT2D eigenvalue weighted by Gasteiger charge is -2.18. The molecule has 5 nitrogen and oxygen atoms in total. The van der Waals surface area contributed by atoms with Crippen LogP contribution in [0, 0.1) is 6.92 Å². The minimum Gasteiger partial charge on any atom is -0.467 e. The van der Waals surface area contributed by atoms with Crippen LogP contribution in [-0.4, -0.2) is 32.2 Å². The summed E-state index contributed by atoms with van der Waals surface area (Å²) < 4.78 is 9.43. The lowest BCUT2D eigenvalue weighted by atomic mass is 10.1. The highest BCUT2D eigenvalue weighted by atomic mass is 16.5. The van der Waals surface area contributed by atoms with Crippen LogP contribution >= 0.6 is 0 Å². The Labute approximate surface area is 112 Å². The number of carbonyl (C=O) groups excluding carboxylic acids is 2. The zero-order valence-electron chi connectivity index (χ0n) is 11.6. The van der Waals surface area contributed by atoms with Crippen LogP contribution in [0.3, 0.4) is 0 Å². The van der Waals surface area contributed by atoms with E-state index in [4.69, 9.17) is 9.47 Å². The summed E-state index contributed by atoms with van der Waals surface area (Å²) in [6.07, 6.45) is 0.592. The van der Waals surface area contributed by atoms with E-state index in [1.54, 1.807) is 19.1 Å². The summed E-state index contributed by atoms with van der Waals surface area (Å²) in [6.45, 7) is 3.69. The first-order valence-corrected chi connectivity index (χ1v) is 6.07. The second-order valence-corrected chi connectivity index (χ2v) is 4.10. The molecule has 0 aliphatic carbocycles. The Morgan fingerprint density at radius 3 is 2.47 bits per heavy atom. The van der Waals surface area contributed by atoms with Crippen molar-refractivity contribution in [2.45, 2.75) is 26.3 Å². The summed E-state index contributed by atoms with van der Waals surface area (Å²) >= 11 is 0. The molecule has 1 rings (SSSR count). The maximum atomic E-state index is 11.6. The number of carbonyl (C=O) groups is 2. The van der Waals surface area contributed by atoms with Crippen LogP contribution in [0.2, 0.25) is 0 Å². The summed E-state index contributed by atoms with van der Waals surface area (Å²) in [7, 11) is 2.69. The first-order chi connectivity index (χ1) is 9.04. The second-order valence-electron chi connectivity index (χ2n) is 4.10. The zero-order valence-corrected chi connectivity index (χ0v) is 11.6. The van der Waals surface area contributed by atoms with E-state index in [1.165, 1.54) is 14.2 Å². The Bertz CT molecular complexity index is 471. The fourth-order valence-corrected chi connectivity index (χ4v) is 1.78. The van der Waals surface area contributed by atoms with Crippen molar-refractivity contribution in [2.24, 2.45) is 0 Å². The van der Waals surface area contributed by atoms with Crippen molar-refractivity contribution < 1.29 is 19.1 Å². The molecule has 0 aromatic heterocycles. The highest BCUT2D eigenvalue weighted by Gasteiger charge is 2.19. The van der Waals surface area contributed by atoms with Crippen molar-refractivity contribution in [3.05, 3.63) is 29.3 Å². The van der Waals surface area contributed by atoms with Crippen LogP contribution in [0.4, 0.5) is 5.69 Å². The Morgan fingerprint density at radius 2 is 1.95 bits per heavy atom. The van der Waals surface area contributed by atoms with Gasteiger partial charge >= 0.3 is 11.9 Å². The van der Waals surface area contributed by atoms with Gasteiger partial charge in [-0.3, -0.25) is 0 Å². The molecule has 0 radical (unpaired) electrons. The van der Waals surface area contributed by atoms with Crippen molar-refractivity contribution in [1.29, 1.82) is 0 Å². The normalized spacial score (nSPS) is 11.6. The molecule has 5 heteroatoms. The molecule has 1 unspecified atom stereocenters. The van der Waals surface area contributed by atoms with E-state index in [1.807, 2.05) is 13.0 Å². The molecule has 1 N–H and O–H groups in total. The van der Waals surface area contributed by atoms with E-state index in [0.717, 1.165) is 11.3 Å². The predicted molar refractivity (Wildman–Crippen MR) is 72.2 cm³/mol. The van der Waals surface area contributed by atoms with Gasteiger partial charge in [-0.25, -0.2) is 9.59 Å². The Morgan fingerprint density at radius 1 is 1.26 bits per heavy atom. The third-order valence-corrected chi connectivity index (χ3v) is 2.96. The summed E-state index contributed by atoms with van der Waals surface area (Å²) in [4.78, 5) is 23.1. The lowest BCUT2D eigenvalue weighted by Crippen LogP contribution is -2.30. The molecular formula is C14H19NO4. The standard InChI is InChI=1S/C14H19NO4/c1-5-11(14(17)19-4)15-12-8-6-7-10(9(12)2)13(16)18-3/h6-8,11,15H,5H2,1-4H3. The molecular weight excluding hydrogens is 246 g/mol. The zero-order chi connectivity index (χ0) is 14.4. The highest BCUT2D eigenvalue weighted by Crippen LogP contribution is 2.21. The number of anilines is 1. The van der Waals surface area contributed by atoms with Crippen molar-refractivity contribution in [3.63, 3.8) is 0 Å². The second kappa shape index (κ2) is 6.78. The average Bonchev–Trinajstić information content (AvgIpc) is 2.44. The largest absolute Gasteiger partial charge is 0.467 e. The summed E-state index contributed by atoms with van der Waals surface area (Å²) in [6, 6.07) is 4.81. The third-order valence-electron chi connectivity index (χ3n) is 2.96. The molecule has 1 aromatic rings. The monoisotopic (exact) mass is 265 g/mol. The Kier molecular flexibility index (Phi) is 5.36. The van der Waals surface area contributed by atoms with E-state index in [-0.39, 0.29) is 5.97 Å². The van der Waals surface area contributed by atoms with Gasteiger partial charge in [0.25, 0.3) is 0 Å². The first-order valence-electron chi connectivity index (χ1n) is 6.07. The van der Waals surface area contributed by atoms with Crippen molar-refractivity contribution in [3.8, 4) is 0 Å². The minimum atomic E-state index is -0.434. The summed E-state index contributed by atoms with van der Waals surface area (Å²) in [5, 5.41) is 3.08. The van der Waals surface area contributed by atoms with Crippen molar-refractivity contribution in [2.75, 3.05) is 19.5 Å². The average molecular weight is 265 g/mol. The Balaban J connectivity index is 3.01. The molecule has 1 atom stereocenters. The quantitative estimate of drug-likeness (QED) is 0.826. The van der Waals surface area contributed by atoms with Crippen LogP contribution in [0.1, 0.15) is 29.3 Å². The van der Waals surface area contributed by atoms with E-state index >= 15 is 0 Å². The number of esters is 2. The topological polar surface area (TPSA) is 64.6 Å². The van der Waals surface area contributed by atoms with Gasteiger partial charge in [-0.15, -0.1) is 0 Å². The summed E-state index contributed by atoms with van der Waals surface area (Å²) in [5.74, 6) is -0.724. The molecule has 0 amide bonds. The SMILES string of the molecule is CCC(Nc1cccc(C(=O)OC)c1C)C(=O)OC. The van der Waals surface area contributed by atoms with Crippen LogP contribution in [-0.2, 0) is 14.3 Å². The van der Waals surface area contributed by atoms with Gasteiger partial charge in [0.15, 0.2) is 0 Å². The van der Waals surface area contributed by atoms with Crippen LogP contribution in [0.25, 0.3) is 0 Å². The molecule has 0 heterocycles. The smallest absolute Gasteiger partial charge is 0.338 e. The fraction of sp³-hybridized carbons (Fsp3) is 0.429. The van der Waals surface area contributed by atoms with Gasteiger partial charge in [0.05, 0.1) is 19.8 Å². The maximum absolute atomic E-state index is 11.6. The van der Waals surface area contributed by atoms with E-state index in [9.17, 15) is 9.59 Å². The predicted octanol–water partition coefficient (Wildman–Crippen LogP) is 2.15. The van der Waals surface area contributed by atoms with E-state index < -0.39 is 12.0 Å². The summed E-state index contributed by atoms with van der Waals surface area (Å²) in [5.41, 5.74) is 1.95. The minimum absolute atomic E-state index is 0.328. The number of methoxy groups -OCH3 is 2. The number of ether oxygens (including phenoxy) is 2. The third kappa shape index (κ3) is 3.47. The van der Waals surface area contributed by atoms with Crippen LogP contribution < -0.4 is 5.32 Å². The lowest BCUT2D eigenvalue weighted by molar-refractivity contribution is -0.141. The number of nitrogens with one attached hydrogen (secondary N) is 1. The van der Waals surface area contributed by atoms with Crippen molar-refractivity contribution in [1.82, 2.24) is 0 Å². The van der Waals surface area contributed by atoms with Crippen LogP contribution in [0.5, 0.6) is 0 Å². The van der Waals surface area contributed by atoms with Gasteiger partial charge in [0.1, 0.15) is 6.04 Å². The first kappa shape index (κ1) is 15.0. The van der Waals surface area contributed by atoms with Crippen LogP contribution in [0.15, 0.2) is 18.2 Å². The van der Waals surface area contributed by atoms with Crippen molar-refractivity contribution >= 4 is 17.6 Å². The molecule has 0 aliphatic heterocycles. The number of hydrogen-bond donors (Lipinski definition) is 1. The van der Waals surface area contributed by atoms with Gasteiger partial charge < -0.3 is 14.8 Å². The molecule has 0 saturated carbocycles. The highest BCUT2D eigenvalue weighted by molar-refractivity contribution is 5.93. The molecule has 0 bridgehead atoms. The van der Waals surface area contributed by atoms with Gasteiger partial charge in [-0.05, 0) is 31.0 Å². The number of rotatable bonds is 5. The van der Waals surface area contributed by atoms with E-state index in [0.29, 0.717) is 12.0 Å². The maximum Gasteiger partial charge on any atom is 0.338 e.